The standard InChI is InChI=1S/C19H17Cl2N3OS/c1-2-3-18(25)22-14-7-4-12(5-8-14)17-11-26-19(24-17)23-16-10-13(20)6-9-15(16)21/h4-11H,2-3H2,1H3,(H,22,25)(H,23,24). The first-order valence-electron chi connectivity index (χ1n) is 8.13. The minimum Gasteiger partial charge on any atom is -0.330 e. The molecule has 2 N–H and O–H groups in total. The van der Waals surface area contributed by atoms with E-state index in [0.717, 1.165) is 28.5 Å². The summed E-state index contributed by atoms with van der Waals surface area (Å²) >= 11 is 13.7. The molecule has 0 aliphatic rings. The van der Waals surface area contributed by atoms with E-state index in [1.165, 1.54) is 11.3 Å². The molecule has 0 bridgehead atoms. The molecule has 0 aliphatic carbocycles. The van der Waals surface area contributed by atoms with Crippen LogP contribution in [0.3, 0.4) is 0 Å². The lowest BCUT2D eigenvalue weighted by atomic mass is 10.1. The molecular weight excluding hydrogens is 389 g/mol. The van der Waals surface area contributed by atoms with Crippen molar-refractivity contribution in [2.45, 2.75) is 19.8 Å². The van der Waals surface area contributed by atoms with Crippen LogP contribution in [-0.2, 0) is 4.79 Å². The number of hydrogen-bond donors (Lipinski definition) is 2. The van der Waals surface area contributed by atoms with Crippen molar-refractivity contribution in [1.29, 1.82) is 0 Å². The van der Waals surface area contributed by atoms with Gasteiger partial charge in [0.05, 0.1) is 16.4 Å². The Bertz CT molecular complexity index is 909. The van der Waals surface area contributed by atoms with Gasteiger partial charge in [0.15, 0.2) is 5.13 Å². The van der Waals surface area contributed by atoms with E-state index in [-0.39, 0.29) is 5.91 Å². The molecule has 1 heterocycles. The van der Waals surface area contributed by atoms with Gasteiger partial charge in [-0.25, -0.2) is 4.98 Å². The number of benzene rings is 2. The molecule has 0 saturated heterocycles. The first kappa shape index (κ1) is 18.7. The third-order valence-corrected chi connectivity index (χ3v) is 4.94. The molecule has 1 amide bonds. The van der Waals surface area contributed by atoms with Crippen LogP contribution in [-0.4, -0.2) is 10.9 Å². The number of halogens is 2. The number of anilines is 3. The maximum atomic E-state index is 11.6. The molecule has 0 unspecified atom stereocenters. The van der Waals surface area contributed by atoms with E-state index in [4.69, 9.17) is 23.2 Å². The van der Waals surface area contributed by atoms with Crippen molar-refractivity contribution in [3.63, 3.8) is 0 Å². The highest BCUT2D eigenvalue weighted by Gasteiger charge is 2.08. The van der Waals surface area contributed by atoms with Crippen molar-refractivity contribution in [3.05, 3.63) is 57.9 Å². The van der Waals surface area contributed by atoms with Crippen LogP contribution in [0, 0.1) is 0 Å². The van der Waals surface area contributed by atoms with Gasteiger partial charge in [0.1, 0.15) is 0 Å². The van der Waals surface area contributed by atoms with Crippen molar-refractivity contribution < 1.29 is 4.79 Å². The number of amides is 1. The Balaban J connectivity index is 1.71. The van der Waals surface area contributed by atoms with Crippen LogP contribution in [0.25, 0.3) is 11.3 Å². The molecular formula is C19H17Cl2N3OS. The predicted molar refractivity (Wildman–Crippen MR) is 111 cm³/mol. The molecule has 134 valence electrons. The molecule has 0 radical (unpaired) electrons. The van der Waals surface area contributed by atoms with Crippen molar-refractivity contribution in [3.8, 4) is 11.3 Å². The lowest BCUT2D eigenvalue weighted by Crippen LogP contribution is -2.10. The molecule has 0 spiro atoms. The molecule has 26 heavy (non-hydrogen) atoms. The molecule has 0 aliphatic heterocycles. The molecule has 0 atom stereocenters. The van der Waals surface area contributed by atoms with Crippen LogP contribution in [0.1, 0.15) is 19.8 Å². The van der Waals surface area contributed by atoms with Gasteiger partial charge in [0.2, 0.25) is 5.91 Å². The summed E-state index contributed by atoms with van der Waals surface area (Å²) in [5.74, 6) is 0.0267. The molecule has 1 aromatic heterocycles. The lowest BCUT2D eigenvalue weighted by Gasteiger charge is -2.06. The largest absolute Gasteiger partial charge is 0.330 e. The van der Waals surface area contributed by atoms with Gasteiger partial charge in [-0.1, -0.05) is 42.3 Å². The molecule has 0 fully saturated rings. The van der Waals surface area contributed by atoms with Gasteiger partial charge in [-0.3, -0.25) is 4.79 Å². The van der Waals surface area contributed by atoms with Crippen molar-refractivity contribution >= 4 is 57.0 Å². The maximum absolute atomic E-state index is 11.6. The number of thiazole rings is 1. The Morgan fingerprint density at radius 3 is 2.65 bits per heavy atom. The fraction of sp³-hybridized carbons (Fsp3) is 0.158. The predicted octanol–water partition coefficient (Wildman–Crippen LogP) is 6.60. The van der Waals surface area contributed by atoms with E-state index >= 15 is 0 Å². The molecule has 2 aromatic carbocycles. The van der Waals surface area contributed by atoms with Crippen molar-refractivity contribution in [1.82, 2.24) is 4.98 Å². The third kappa shape index (κ3) is 4.75. The normalized spacial score (nSPS) is 10.6. The Hall–Kier alpha value is -2.08. The number of hydrogen-bond acceptors (Lipinski definition) is 4. The van der Waals surface area contributed by atoms with Crippen LogP contribution in [0.2, 0.25) is 10.0 Å². The van der Waals surface area contributed by atoms with Gasteiger partial charge in [-0.15, -0.1) is 11.3 Å². The van der Waals surface area contributed by atoms with Gasteiger partial charge >= 0.3 is 0 Å². The smallest absolute Gasteiger partial charge is 0.224 e. The summed E-state index contributed by atoms with van der Waals surface area (Å²) in [6.07, 6.45) is 1.35. The topological polar surface area (TPSA) is 54.0 Å². The van der Waals surface area contributed by atoms with Crippen molar-refractivity contribution in [2.24, 2.45) is 0 Å². The second kappa shape index (κ2) is 8.54. The molecule has 3 aromatic rings. The second-order valence-corrected chi connectivity index (χ2v) is 7.36. The maximum Gasteiger partial charge on any atom is 0.224 e. The Labute approximate surface area is 166 Å². The highest BCUT2D eigenvalue weighted by atomic mass is 35.5. The number of nitrogens with zero attached hydrogens (tertiary/aromatic N) is 1. The van der Waals surface area contributed by atoms with Crippen molar-refractivity contribution in [2.75, 3.05) is 10.6 Å². The fourth-order valence-electron chi connectivity index (χ4n) is 2.35. The molecule has 3 rings (SSSR count). The van der Waals surface area contributed by atoms with E-state index in [9.17, 15) is 4.79 Å². The zero-order valence-corrected chi connectivity index (χ0v) is 16.4. The zero-order valence-electron chi connectivity index (χ0n) is 14.1. The highest BCUT2D eigenvalue weighted by molar-refractivity contribution is 7.14. The minimum absolute atomic E-state index is 0.0267. The summed E-state index contributed by atoms with van der Waals surface area (Å²) < 4.78 is 0. The number of carbonyl (C=O) groups is 1. The summed E-state index contributed by atoms with van der Waals surface area (Å²) in [6.45, 7) is 1.98. The highest BCUT2D eigenvalue weighted by Crippen LogP contribution is 2.32. The number of nitrogens with one attached hydrogen (secondary N) is 2. The Kier molecular flexibility index (Phi) is 6.14. The monoisotopic (exact) mass is 405 g/mol. The summed E-state index contributed by atoms with van der Waals surface area (Å²) in [5, 5.41) is 9.94. The van der Waals surface area contributed by atoms with E-state index in [1.807, 2.05) is 36.6 Å². The van der Waals surface area contributed by atoms with E-state index < -0.39 is 0 Å². The van der Waals surface area contributed by atoms with Gasteiger partial charge in [-0.2, -0.15) is 0 Å². The van der Waals surface area contributed by atoms with E-state index in [1.54, 1.807) is 18.2 Å². The Morgan fingerprint density at radius 2 is 1.92 bits per heavy atom. The molecule has 7 heteroatoms. The van der Waals surface area contributed by atoms with Gasteiger partial charge in [-0.05, 0) is 36.8 Å². The van der Waals surface area contributed by atoms with Gasteiger partial charge < -0.3 is 10.6 Å². The van der Waals surface area contributed by atoms with Gasteiger partial charge in [0.25, 0.3) is 0 Å². The minimum atomic E-state index is 0.0267. The number of carbonyl (C=O) groups excluding carboxylic acids is 1. The first-order valence-corrected chi connectivity index (χ1v) is 9.76. The quantitative estimate of drug-likeness (QED) is 0.485. The summed E-state index contributed by atoms with van der Waals surface area (Å²) in [6, 6.07) is 12.9. The number of aromatic nitrogens is 1. The average Bonchev–Trinajstić information content (AvgIpc) is 3.07. The van der Waals surface area contributed by atoms with Crippen LogP contribution in [0.15, 0.2) is 47.8 Å². The van der Waals surface area contributed by atoms with Crippen LogP contribution in [0.4, 0.5) is 16.5 Å². The molecule has 4 nitrogen and oxygen atoms in total. The van der Waals surface area contributed by atoms with E-state index in [2.05, 4.69) is 15.6 Å². The zero-order chi connectivity index (χ0) is 18.5. The third-order valence-electron chi connectivity index (χ3n) is 3.62. The van der Waals surface area contributed by atoms with Crippen LogP contribution < -0.4 is 10.6 Å². The molecule has 0 saturated carbocycles. The average molecular weight is 406 g/mol. The summed E-state index contributed by atoms with van der Waals surface area (Å²) in [4.78, 5) is 16.2. The van der Waals surface area contributed by atoms with Crippen LogP contribution >= 0.6 is 34.5 Å². The number of rotatable bonds is 6. The SMILES string of the molecule is CCCC(=O)Nc1ccc(-c2csc(Nc3cc(Cl)ccc3Cl)n2)cc1. The summed E-state index contributed by atoms with van der Waals surface area (Å²) in [7, 11) is 0. The van der Waals surface area contributed by atoms with Gasteiger partial charge in [0, 0.05) is 28.1 Å². The van der Waals surface area contributed by atoms with Crippen LogP contribution in [0.5, 0.6) is 0 Å². The summed E-state index contributed by atoms with van der Waals surface area (Å²) in [5.41, 5.74) is 3.32. The first-order chi connectivity index (χ1) is 12.5. The second-order valence-electron chi connectivity index (χ2n) is 5.66. The Morgan fingerprint density at radius 1 is 1.15 bits per heavy atom. The van der Waals surface area contributed by atoms with E-state index in [0.29, 0.717) is 22.2 Å². The fourth-order valence-corrected chi connectivity index (χ4v) is 3.42. The lowest BCUT2D eigenvalue weighted by molar-refractivity contribution is -0.116.